The number of rotatable bonds is 6. The Balaban J connectivity index is 1.26. The van der Waals surface area contributed by atoms with Crippen molar-refractivity contribution in [1.82, 2.24) is 15.6 Å². The number of hydrogen-bond acceptors (Lipinski definition) is 5. The van der Waals surface area contributed by atoms with Crippen LogP contribution in [0.4, 0.5) is 0 Å². The summed E-state index contributed by atoms with van der Waals surface area (Å²) in [5.41, 5.74) is 2.69. The minimum absolute atomic E-state index is 0.0990. The quantitative estimate of drug-likeness (QED) is 0.647. The number of aromatic nitrogens is 1. The van der Waals surface area contributed by atoms with E-state index in [0.29, 0.717) is 29.1 Å². The molecule has 1 aliphatic carbocycles. The number of nitrogens with one attached hydrogen (secondary N) is 2. The fourth-order valence-electron chi connectivity index (χ4n) is 3.30. The monoisotopic (exact) mass is 406 g/mol. The molecule has 0 radical (unpaired) electrons. The van der Waals surface area contributed by atoms with Crippen LogP contribution in [0.3, 0.4) is 0 Å². The van der Waals surface area contributed by atoms with E-state index in [9.17, 15) is 4.79 Å². The van der Waals surface area contributed by atoms with Crippen LogP contribution >= 0.6 is 11.6 Å². The summed E-state index contributed by atoms with van der Waals surface area (Å²) in [6.07, 6.45) is 3.04. The van der Waals surface area contributed by atoms with Gasteiger partial charge in [0.1, 0.15) is 6.26 Å². The molecule has 0 unspecified atom stereocenters. The summed E-state index contributed by atoms with van der Waals surface area (Å²) < 4.78 is 5.42. The van der Waals surface area contributed by atoms with Gasteiger partial charge in [0.15, 0.2) is 5.69 Å². The smallest absolute Gasteiger partial charge is 0.273 e. The van der Waals surface area contributed by atoms with Crippen LogP contribution < -0.4 is 10.6 Å². The molecule has 1 aliphatic rings. The van der Waals surface area contributed by atoms with Crippen molar-refractivity contribution in [2.24, 2.45) is 0 Å². The van der Waals surface area contributed by atoms with Gasteiger partial charge >= 0.3 is 0 Å². The highest BCUT2D eigenvalue weighted by Gasteiger charge is 2.30. The lowest BCUT2D eigenvalue weighted by atomic mass is 9.86. The average Bonchev–Trinajstić information content (AvgIpc) is 3.20. The van der Waals surface area contributed by atoms with E-state index >= 15 is 0 Å². The summed E-state index contributed by atoms with van der Waals surface area (Å²) in [4.78, 5) is 16.7. The molecule has 0 aliphatic heterocycles. The van der Waals surface area contributed by atoms with Gasteiger partial charge in [-0.15, -0.1) is 0 Å². The van der Waals surface area contributed by atoms with Crippen LogP contribution in [0.15, 0.2) is 59.2 Å². The van der Waals surface area contributed by atoms with Crippen molar-refractivity contribution < 1.29 is 9.21 Å². The van der Waals surface area contributed by atoms with Gasteiger partial charge < -0.3 is 15.1 Å². The molecule has 0 bridgehead atoms. The maximum absolute atomic E-state index is 12.4. The lowest BCUT2D eigenvalue weighted by Gasteiger charge is -2.36. The van der Waals surface area contributed by atoms with Crippen molar-refractivity contribution in [3.05, 3.63) is 76.6 Å². The van der Waals surface area contributed by atoms with Crippen molar-refractivity contribution in [1.29, 1.82) is 5.26 Å². The number of amides is 1. The number of carbonyl (C=O) groups is 1. The SMILES string of the molecule is N#Cc1ccccc1CNC1CC(NC(=O)c2coc(-c3ccc(Cl)cc3)n2)C1. The maximum Gasteiger partial charge on any atom is 0.273 e. The predicted octanol–water partition coefficient (Wildman–Crippen LogP) is 3.92. The van der Waals surface area contributed by atoms with E-state index in [-0.39, 0.29) is 17.6 Å². The zero-order valence-electron chi connectivity index (χ0n) is 15.6. The van der Waals surface area contributed by atoms with Gasteiger partial charge in [-0.25, -0.2) is 4.98 Å². The van der Waals surface area contributed by atoms with E-state index in [1.165, 1.54) is 6.26 Å². The molecule has 4 rings (SSSR count). The molecule has 7 heteroatoms. The Morgan fingerprint density at radius 1 is 1.17 bits per heavy atom. The molecule has 3 aromatic rings. The molecule has 1 fully saturated rings. The minimum Gasteiger partial charge on any atom is -0.444 e. The Kier molecular flexibility index (Phi) is 5.61. The number of nitrogens with zero attached hydrogens (tertiary/aromatic N) is 2. The molecule has 29 heavy (non-hydrogen) atoms. The topological polar surface area (TPSA) is 91.0 Å². The standard InChI is InChI=1S/C22H19ClN4O2/c23-17-7-5-14(6-8-17)22-27-20(13-29-22)21(28)26-19-9-18(10-19)25-12-16-4-2-1-3-15(16)11-24/h1-8,13,18-19,25H,9-10,12H2,(H,26,28). The highest BCUT2D eigenvalue weighted by molar-refractivity contribution is 6.30. The van der Waals surface area contributed by atoms with Crippen molar-refractivity contribution in [3.63, 3.8) is 0 Å². The highest BCUT2D eigenvalue weighted by atomic mass is 35.5. The summed E-state index contributed by atoms with van der Waals surface area (Å²) in [5, 5.41) is 16.2. The first-order chi connectivity index (χ1) is 14.1. The Hall–Kier alpha value is -3.14. The van der Waals surface area contributed by atoms with Gasteiger partial charge in [0.05, 0.1) is 11.6 Å². The minimum atomic E-state index is -0.243. The Bertz CT molecular complexity index is 1050. The van der Waals surface area contributed by atoms with E-state index in [1.807, 2.05) is 24.3 Å². The highest BCUT2D eigenvalue weighted by Crippen LogP contribution is 2.23. The van der Waals surface area contributed by atoms with E-state index in [0.717, 1.165) is 24.0 Å². The second-order valence-corrected chi connectivity index (χ2v) is 7.47. The van der Waals surface area contributed by atoms with E-state index in [1.54, 1.807) is 24.3 Å². The molecule has 2 N–H and O–H groups in total. The molecule has 1 aromatic heterocycles. The largest absolute Gasteiger partial charge is 0.444 e. The predicted molar refractivity (Wildman–Crippen MR) is 109 cm³/mol. The molecule has 6 nitrogen and oxygen atoms in total. The lowest BCUT2D eigenvalue weighted by Crippen LogP contribution is -2.52. The zero-order valence-corrected chi connectivity index (χ0v) is 16.3. The van der Waals surface area contributed by atoms with Crippen LogP contribution in [-0.2, 0) is 6.54 Å². The summed E-state index contributed by atoms with van der Waals surface area (Å²) in [7, 11) is 0. The van der Waals surface area contributed by atoms with Crippen LogP contribution in [0.2, 0.25) is 5.02 Å². The normalized spacial score (nSPS) is 17.9. The molecular weight excluding hydrogens is 388 g/mol. The molecule has 2 aromatic carbocycles. The van der Waals surface area contributed by atoms with Gasteiger partial charge in [0, 0.05) is 29.2 Å². The van der Waals surface area contributed by atoms with Crippen LogP contribution in [0.1, 0.15) is 34.5 Å². The van der Waals surface area contributed by atoms with Gasteiger partial charge in [-0.1, -0.05) is 29.8 Å². The molecule has 0 atom stereocenters. The molecule has 1 amide bonds. The Morgan fingerprint density at radius 2 is 1.93 bits per heavy atom. The first-order valence-electron chi connectivity index (χ1n) is 9.36. The molecule has 146 valence electrons. The van der Waals surface area contributed by atoms with Crippen molar-refractivity contribution in [2.75, 3.05) is 0 Å². The summed E-state index contributed by atoms with van der Waals surface area (Å²) in [5.74, 6) is 0.142. The lowest BCUT2D eigenvalue weighted by molar-refractivity contribution is 0.0897. The number of nitriles is 1. The Morgan fingerprint density at radius 3 is 2.69 bits per heavy atom. The third-order valence-electron chi connectivity index (χ3n) is 5.02. The molecule has 0 spiro atoms. The summed E-state index contributed by atoms with van der Waals surface area (Å²) >= 11 is 5.88. The third-order valence-corrected chi connectivity index (χ3v) is 5.27. The van der Waals surface area contributed by atoms with E-state index in [4.69, 9.17) is 21.3 Å². The second-order valence-electron chi connectivity index (χ2n) is 7.03. The van der Waals surface area contributed by atoms with E-state index < -0.39 is 0 Å². The first-order valence-corrected chi connectivity index (χ1v) is 9.74. The van der Waals surface area contributed by atoms with Crippen LogP contribution in [0.5, 0.6) is 0 Å². The molecule has 1 heterocycles. The first kappa shape index (κ1) is 19.2. The van der Waals surface area contributed by atoms with Gasteiger partial charge in [-0.3, -0.25) is 4.79 Å². The van der Waals surface area contributed by atoms with Crippen LogP contribution in [-0.4, -0.2) is 23.0 Å². The van der Waals surface area contributed by atoms with Crippen LogP contribution in [0, 0.1) is 11.3 Å². The summed E-state index contributed by atoms with van der Waals surface area (Å²) in [6.45, 7) is 0.642. The Labute approximate surface area is 173 Å². The number of benzene rings is 2. The fourth-order valence-corrected chi connectivity index (χ4v) is 3.43. The molecular formula is C22H19ClN4O2. The second kappa shape index (κ2) is 8.48. The maximum atomic E-state index is 12.4. The number of carbonyl (C=O) groups excluding carboxylic acids is 1. The third kappa shape index (κ3) is 4.48. The van der Waals surface area contributed by atoms with Crippen LogP contribution in [0.25, 0.3) is 11.5 Å². The number of hydrogen-bond donors (Lipinski definition) is 2. The van der Waals surface area contributed by atoms with Crippen molar-refractivity contribution >= 4 is 17.5 Å². The van der Waals surface area contributed by atoms with E-state index in [2.05, 4.69) is 21.7 Å². The van der Waals surface area contributed by atoms with Gasteiger partial charge in [-0.05, 0) is 48.7 Å². The zero-order chi connectivity index (χ0) is 20.2. The number of halogens is 1. The van der Waals surface area contributed by atoms with Gasteiger partial charge in [0.25, 0.3) is 5.91 Å². The van der Waals surface area contributed by atoms with Gasteiger partial charge in [-0.2, -0.15) is 5.26 Å². The fraction of sp³-hybridized carbons (Fsp3) is 0.227. The van der Waals surface area contributed by atoms with Gasteiger partial charge in [0.2, 0.25) is 5.89 Å². The molecule has 1 saturated carbocycles. The summed E-state index contributed by atoms with van der Waals surface area (Å²) in [6, 6.07) is 17.3. The molecule has 0 saturated heterocycles. The van der Waals surface area contributed by atoms with Crippen molar-refractivity contribution in [2.45, 2.75) is 31.5 Å². The average molecular weight is 407 g/mol. The van der Waals surface area contributed by atoms with Crippen molar-refractivity contribution in [3.8, 4) is 17.5 Å². The number of oxazole rings is 1.